The van der Waals surface area contributed by atoms with Gasteiger partial charge in [0.05, 0.1) is 5.75 Å². The highest BCUT2D eigenvalue weighted by Gasteiger charge is 2.28. The lowest BCUT2D eigenvalue weighted by Gasteiger charge is -2.05. The molecule has 0 aliphatic rings. The van der Waals surface area contributed by atoms with Gasteiger partial charge in [0, 0.05) is 13.1 Å². The van der Waals surface area contributed by atoms with Crippen LogP contribution in [0.25, 0.3) is 0 Å². The van der Waals surface area contributed by atoms with E-state index < -0.39 is 17.2 Å². The maximum absolute atomic E-state index is 11.5. The van der Waals surface area contributed by atoms with Crippen molar-refractivity contribution in [1.82, 2.24) is 5.32 Å². The molecule has 0 rings (SSSR count). The summed E-state index contributed by atoms with van der Waals surface area (Å²) in [5.74, 6) is -1.26. The largest absolute Gasteiger partial charge is 0.442 e. The van der Waals surface area contributed by atoms with E-state index in [0.29, 0.717) is 0 Å². The molecule has 0 heterocycles. The van der Waals surface area contributed by atoms with Crippen LogP contribution in [0.15, 0.2) is 0 Å². The first-order valence-corrected chi connectivity index (χ1v) is 4.11. The number of nitrogens with two attached hydrogens (primary N) is 1. The van der Waals surface area contributed by atoms with Gasteiger partial charge in [-0.05, 0) is 11.8 Å². The summed E-state index contributed by atoms with van der Waals surface area (Å²) in [6.45, 7) is 0.430. The van der Waals surface area contributed by atoms with Crippen LogP contribution in [0.5, 0.6) is 0 Å². The monoisotopic (exact) mass is 238 g/mol. The highest BCUT2D eigenvalue weighted by molar-refractivity contribution is 8.00. The molecule has 3 nitrogen and oxygen atoms in total. The molecule has 8 heteroatoms. The van der Waals surface area contributed by atoms with Crippen molar-refractivity contribution in [2.24, 2.45) is 5.73 Å². The third kappa shape index (κ3) is 11.9. The lowest BCUT2D eigenvalue weighted by molar-refractivity contribution is -0.118. The third-order valence-corrected chi connectivity index (χ3v) is 1.57. The summed E-state index contributed by atoms with van der Waals surface area (Å²) in [6.07, 6.45) is 0. The Hall–Kier alpha value is -0.140. The zero-order valence-corrected chi connectivity index (χ0v) is 8.19. The van der Waals surface area contributed by atoms with E-state index in [4.69, 9.17) is 5.73 Å². The Bertz CT molecular complexity index is 155. The molecule has 3 N–H and O–H groups in total. The molecule has 80 valence electrons. The molecule has 0 aromatic heterocycles. The first kappa shape index (κ1) is 15.3. The summed E-state index contributed by atoms with van der Waals surface area (Å²) in [6, 6.07) is 0. The van der Waals surface area contributed by atoms with Crippen molar-refractivity contribution in [3.05, 3.63) is 0 Å². The summed E-state index contributed by atoms with van der Waals surface area (Å²) in [4.78, 5) is 10.6. The molecule has 1 amide bonds. The Balaban J connectivity index is 0. The minimum absolute atomic E-state index is 0. The SMILES string of the molecule is Cl.NCCNC(=O)CSC(F)(F)F. The highest BCUT2D eigenvalue weighted by atomic mass is 35.5. The van der Waals surface area contributed by atoms with Crippen LogP contribution in [-0.4, -0.2) is 30.3 Å². The fourth-order valence-electron chi connectivity index (χ4n) is 0.410. The molecule has 0 saturated carbocycles. The number of hydrogen-bond donors (Lipinski definition) is 2. The van der Waals surface area contributed by atoms with Gasteiger partial charge in [0.2, 0.25) is 5.91 Å². The predicted octanol–water partition coefficient (Wildman–Crippen LogP) is 0.736. The molecule has 13 heavy (non-hydrogen) atoms. The van der Waals surface area contributed by atoms with Gasteiger partial charge in [-0.2, -0.15) is 13.2 Å². The summed E-state index contributed by atoms with van der Waals surface area (Å²) < 4.78 is 34.5. The van der Waals surface area contributed by atoms with Gasteiger partial charge in [0.25, 0.3) is 0 Å². The van der Waals surface area contributed by atoms with E-state index in [1.165, 1.54) is 0 Å². The Morgan fingerprint density at radius 1 is 1.46 bits per heavy atom. The van der Waals surface area contributed by atoms with Gasteiger partial charge in [0.15, 0.2) is 0 Å². The number of nitrogens with one attached hydrogen (secondary N) is 1. The van der Waals surface area contributed by atoms with Crippen LogP contribution >= 0.6 is 24.2 Å². The lowest BCUT2D eigenvalue weighted by atomic mass is 10.6. The average molecular weight is 239 g/mol. The van der Waals surface area contributed by atoms with Crippen molar-refractivity contribution < 1.29 is 18.0 Å². The molecular formula is C5H10ClF3N2OS. The zero-order valence-electron chi connectivity index (χ0n) is 6.56. The Labute approximate surface area is 84.0 Å². The maximum Gasteiger partial charge on any atom is 0.442 e. The number of carbonyl (C=O) groups is 1. The molecule has 0 aromatic carbocycles. The zero-order chi connectivity index (χ0) is 9.61. The third-order valence-electron chi connectivity index (χ3n) is 0.833. The van der Waals surface area contributed by atoms with E-state index in [-0.39, 0.29) is 37.3 Å². The molecule has 0 atom stereocenters. The number of halogens is 4. The molecule has 0 aliphatic heterocycles. The number of amides is 1. The minimum Gasteiger partial charge on any atom is -0.354 e. The van der Waals surface area contributed by atoms with Crippen LogP contribution in [0.2, 0.25) is 0 Å². The summed E-state index contributed by atoms with van der Waals surface area (Å²) >= 11 is -0.361. The van der Waals surface area contributed by atoms with Crippen LogP contribution in [0.4, 0.5) is 13.2 Å². The van der Waals surface area contributed by atoms with E-state index in [2.05, 4.69) is 5.32 Å². The van der Waals surface area contributed by atoms with Crippen molar-refractivity contribution in [2.75, 3.05) is 18.8 Å². The molecule has 0 radical (unpaired) electrons. The number of rotatable bonds is 4. The van der Waals surface area contributed by atoms with Gasteiger partial charge in [-0.25, -0.2) is 0 Å². The van der Waals surface area contributed by atoms with Gasteiger partial charge >= 0.3 is 5.51 Å². The van der Waals surface area contributed by atoms with E-state index >= 15 is 0 Å². The summed E-state index contributed by atoms with van der Waals surface area (Å²) in [5.41, 5.74) is 0.668. The number of thioether (sulfide) groups is 1. The molecule has 0 bridgehead atoms. The summed E-state index contributed by atoms with van der Waals surface area (Å²) in [5, 5.41) is 2.22. The van der Waals surface area contributed by atoms with Gasteiger partial charge in [-0.3, -0.25) is 4.79 Å². The van der Waals surface area contributed by atoms with Crippen LogP contribution in [-0.2, 0) is 4.79 Å². The molecule has 0 saturated heterocycles. The minimum atomic E-state index is -4.35. The molecule has 0 spiro atoms. The molecule has 0 aliphatic carbocycles. The standard InChI is InChI=1S/C5H9F3N2OS.ClH/c6-5(7,8)12-3-4(11)10-2-1-9;/h1-3,9H2,(H,10,11);1H. The lowest BCUT2D eigenvalue weighted by Crippen LogP contribution is -2.31. The topological polar surface area (TPSA) is 55.1 Å². The smallest absolute Gasteiger partial charge is 0.354 e. The maximum atomic E-state index is 11.5. The van der Waals surface area contributed by atoms with Gasteiger partial charge in [-0.1, -0.05) is 0 Å². The number of carbonyl (C=O) groups excluding carboxylic acids is 1. The van der Waals surface area contributed by atoms with Crippen LogP contribution in [0.1, 0.15) is 0 Å². The van der Waals surface area contributed by atoms with E-state index in [0.717, 1.165) is 0 Å². The van der Waals surface area contributed by atoms with Crippen LogP contribution < -0.4 is 11.1 Å². The van der Waals surface area contributed by atoms with Crippen molar-refractivity contribution in [3.63, 3.8) is 0 Å². The van der Waals surface area contributed by atoms with Gasteiger partial charge in [0.1, 0.15) is 0 Å². The van der Waals surface area contributed by atoms with Crippen molar-refractivity contribution in [2.45, 2.75) is 5.51 Å². The Morgan fingerprint density at radius 2 is 2.00 bits per heavy atom. The second kappa shape index (κ2) is 7.28. The van der Waals surface area contributed by atoms with Crippen LogP contribution in [0, 0.1) is 0 Å². The fourth-order valence-corrected chi connectivity index (χ4v) is 0.807. The van der Waals surface area contributed by atoms with E-state index in [9.17, 15) is 18.0 Å². The van der Waals surface area contributed by atoms with E-state index in [1.807, 2.05) is 0 Å². The Kier molecular flexibility index (Phi) is 8.59. The van der Waals surface area contributed by atoms with Gasteiger partial charge in [-0.15, -0.1) is 12.4 Å². The van der Waals surface area contributed by atoms with Crippen molar-refractivity contribution in [3.8, 4) is 0 Å². The molecule has 0 aromatic rings. The Morgan fingerprint density at radius 3 is 2.38 bits per heavy atom. The second-order valence-corrected chi connectivity index (χ2v) is 2.91. The highest BCUT2D eigenvalue weighted by Crippen LogP contribution is 2.29. The molecule has 0 fully saturated rings. The fraction of sp³-hybridized carbons (Fsp3) is 0.800. The van der Waals surface area contributed by atoms with E-state index in [1.54, 1.807) is 0 Å². The van der Waals surface area contributed by atoms with Crippen molar-refractivity contribution >= 4 is 30.1 Å². The molecular weight excluding hydrogens is 229 g/mol. The second-order valence-electron chi connectivity index (χ2n) is 1.87. The van der Waals surface area contributed by atoms with Crippen molar-refractivity contribution in [1.29, 1.82) is 0 Å². The quantitative estimate of drug-likeness (QED) is 0.760. The average Bonchev–Trinajstić information content (AvgIpc) is 1.95. The number of hydrogen-bond acceptors (Lipinski definition) is 3. The first-order chi connectivity index (χ1) is 5.45. The normalized spacial score (nSPS) is 10.5. The first-order valence-electron chi connectivity index (χ1n) is 3.13. The van der Waals surface area contributed by atoms with Gasteiger partial charge < -0.3 is 11.1 Å². The predicted molar refractivity (Wildman–Crippen MR) is 47.8 cm³/mol. The summed E-state index contributed by atoms with van der Waals surface area (Å²) in [7, 11) is 0. The molecule has 0 unspecified atom stereocenters. The number of alkyl halides is 3. The van der Waals surface area contributed by atoms with Crippen LogP contribution in [0.3, 0.4) is 0 Å².